The number of likely N-dealkylation sites (N-methyl/N-ethyl adjacent to an activating group) is 1. The lowest BCUT2D eigenvalue weighted by atomic mass is 9.87. The molecule has 1 atom stereocenters. The number of hydrogen-bond acceptors (Lipinski definition) is 4. The zero-order valence-electron chi connectivity index (χ0n) is 19.2. The number of nitrogens with zero attached hydrogens (tertiary/aromatic N) is 1. The summed E-state index contributed by atoms with van der Waals surface area (Å²) in [6.45, 7) is 0. The first-order chi connectivity index (χ1) is 16.5. The molecule has 0 saturated heterocycles. The van der Waals surface area contributed by atoms with Gasteiger partial charge in [-0.15, -0.1) is 0 Å². The average Bonchev–Trinajstić information content (AvgIpc) is 2.87. The number of amides is 2. The first-order valence-corrected chi connectivity index (χ1v) is 12.2. The van der Waals surface area contributed by atoms with Crippen molar-refractivity contribution in [3.05, 3.63) is 93.9 Å². The van der Waals surface area contributed by atoms with Crippen LogP contribution in [0.1, 0.15) is 45.9 Å². The molecule has 0 fully saturated rings. The molecule has 0 unspecified atom stereocenters. The lowest BCUT2D eigenvalue weighted by molar-refractivity contribution is -0.114. The largest absolute Gasteiger partial charge is 0.497 e. The molecular weight excluding hydrogens is 444 g/mol. The fourth-order valence-electron chi connectivity index (χ4n) is 4.53. The smallest absolute Gasteiger partial charge is 0.264 e. The number of ether oxygens (including phenoxy) is 1. The minimum atomic E-state index is -0.116. The van der Waals surface area contributed by atoms with Gasteiger partial charge in [0, 0.05) is 17.5 Å². The van der Waals surface area contributed by atoms with Gasteiger partial charge < -0.3 is 15.0 Å². The molecule has 3 aromatic carbocycles. The monoisotopic (exact) mass is 470 g/mol. The summed E-state index contributed by atoms with van der Waals surface area (Å²) in [4.78, 5) is 29.4. The van der Waals surface area contributed by atoms with E-state index in [1.807, 2.05) is 60.7 Å². The Morgan fingerprint density at radius 2 is 1.91 bits per heavy atom. The molecule has 6 heteroatoms. The SMILES string of the molecule is COc1ccc(/C=C2\Sc3ccc(C(=O)N[C@@H]4CCCc5ccccc54)cc3N(C)C2=O)cc1. The van der Waals surface area contributed by atoms with E-state index in [0.717, 1.165) is 41.2 Å². The van der Waals surface area contributed by atoms with Crippen LogP contribution in [0.15, 0.2) is 76.5 Å². The molecule has 0 aromatic heterocycles. The Hall–Kier alpha value is -3.51. The van der Waals surface area contributed by atoms with E-state index in [4.69, 9.17) is 4.74 Å². The molecule has 2 amide bonds. The fraction of sp³-hybridized carbons (Fsp3) is 0.214. The van der Waals surface area contributed by atoms with Crippen molar-refractivity contribution in [2.24, 2.45) is 0 Å². The molecule has 1 N–H and O–H groups in total. The second-order valence-electron chi connectivity index (χ2n) is 8.55. The van der Waals surface area contributed by atoms with Crippen LogP contribution in [0, 0.1) is 0 Å². The highest BCUT2D eigenvalue weighted by Gasteiger charge is 2.28. The van der Waals surface area contributed by atoms with Crippen molar-refractivity contribution < 1.29 is 14.3 Å². The van der Waals surface area contributed by atoms with E-state index < -0.39 is 0 Å². The van der Waals surface area contributed by atoms with Gasteiger partial charge in [-0.1, -0.05) is 48.2 Å². The molecule has 0 bridgehead atoms. The summed E-state index contributed by atoms with van der Waals surface area (Å²) < 4.78 is 5.21. The van der Waals surface area contributed by atoms with Crippen molar-refractivity contribution in [1.29, 1.82) is 0 Å². The van der Waals surface area contributed by atoms with Gasteiger partial charge in [-0.25, -0.2) is 0 Å². The minimum Gasteiger partial charge on any atom is -0.497 e. The van der Waals surface area contributed by atoms with Crippen LogP contribution >= 0.6 is 11.8 Å². The third kappa shape index (κ3) is 4.33. The van der Waals surface area contributed by atoms with Crippen LogP contribution in [-0.2, 0) is 11.2 Å². The summed E-state index contributed by atoms with van der Waals surface area (Å²) in [5, 5.41) is 3.20. The van der Waals surface area contributed by atoms with Crippen molar-refractivity contribution in [2.75, 3.05) is 19.1 Å². The van der Waals surface area contributed by atoms with Crippen LogP contribution in [0.2, 0.25) is 0 Å². The van der Waals surface area contributed by atoms with E-state index in [-0.39, 0.29) is 17.9 Å². The number of aryl methyl sites for hydroxylation is 1. The van der Waals surface area contributed by atoms with Gasteiger partial charge in [0.25, 0.3) is 11.8 Å². The normalized spacial score (nSPS) is 18.3. The van der Waals surface area contributed by atoms with Gasteiger partial charge in [0.15, 0.2) is 0 Å². The molecule has 5 rings (SSSR count). The first-order valence-electron chi connectivity index (χ1n) is 11.4. The number of thioether (sulfide) groups is 1. The number of nitrogens with one attached hydrogen (secondary N) is 1. The number of rotatable bonds is 4. The number of fused-ring (bicyclic) bond motifs is 2. The predicted octanol–water partition coefficient (Wildman–Crippen LogP) is 5.61. The topological polar surface area (TPSA) is 58.6 Å². The summed E-state index contributed by atoms with van der Waals surface area (Å²) in [5.74, 6) is 0.566. The third-order valence-electron chi connectivity index (χ3n) is 6.41. The van der Waals surface area contributed by atoms with E-state index in [0.29, 0.717) is 10.5 Å². The second-order valence-corrected chi connectivity index (χ2v) is 9.63. The maximum Gasteiger partial charge on any atom is 0.264 e. The second kappa shape index (κ2) is 9.39. The quantitative estimate of drug-likeness (QED) is 0.504. The Morgan fingerprint density at radius 1 is 1.12 bits per heavy atom. The average molecular weight is 471 g/mol. The molecule has 2 aliphatic rings. The molecule has 172 valence electrons. The van der Waals surface area contributed by atoms with Crippen LogP contribution < -0.4 is 15.0 Å². The Balaban J connectivity index is 1.36. The zero-order valence-corrected chi connectivity index (χ0v) is 20.0. The molecule has 0 spiro atoms. The number of carbonyl (C=O) groups excluding carboxylic acids is 2. The van der Waals surface area contributed by atoms with Crippen molar-refractivity contribution in [2.45, 2.75) is 30.2 Å². The lowest BCUT2D eigenvalue weighted by Gasteiger charge is -2.28. The van der Waals surface area contributed by atoms with Gasteiger partial charge in [0.1, 0.15) is 5.75 Å². The number of hydrogen-bond donors (Lipinski definition) is 1. The summed E-state index contributed by atoms with van der Waals surface area (Å²) in [5.41, 5.74) is 4.75. The zero-order chi connectivity index (χ0) is 23.7. The fourth-order valence-corrected chi connectivity index (χ4v) is 5.62. The molecule has 5 nitrogen and oxygen atoms in total. The maximum absolute atomic E-state index is 13.1. The van der Waals surface area contributed by atoms with Gasteiger partial charge in [-0.3, -0.25) is 9.59 Å². The lowest BCUT2D eigenvalue weighted by Crippen LogP contribution is -2.32. The molecule has 34 heavy (non-hydrogen) atoms. The highest BCUT2D eigenvalue weighted by atomic mass is 32.2. The molecule has 1 aliphatic heterocycles. The standard InChI is InChI=1S/C28H26N2O3S/c1-30-24-17-20(27(31)29-23-9-5-7-19-6-3-4-8-22(19)23)12-15-25(24)34-26(28(30)32)16-18-10-13-21(33-2)14-11-18/h3-4,6,8,10-17,23H,5,7,9H2,1-2H3,(H,29,31)/b26-16-/t23-/m1/s1. The Labute approximate surface area is 203 Å². The highest BCUT2D eigenvalue weighted by Crippen LogP contribution is 2.42. The molecular formula is C28H26N2O3S. The number of methoxy groups -OCH3 is 1. The van der Waals surface area contributed by atoms with E-state index in [1.165, 1.54) is 22.9 Å². The molecule has 1 heterocycles. The van der Waals surface area contributed by atoms with Crippen LogP contribution in [0.25, 0.3) is 6.08 Å². The third-order valence-corrected chi connectivity index (χ3v) is 7.48. The van der Waals surface area contributed by atoms with Gasteiger partial charge in [0.2, 0.25) is 0 Å². The number of anilines is 1. The van der Waals surface area contributed by atoms with E-state index in [1.54, 1.807) is 19.1 Å². The molecule has 0 radical (unpaired) electrons. The molecule has 1 aliphatic carbocycles. The summed E-state index contributed by atoms with van der Waals surface area (Å²) in [6, 6.07) is 21.5. The molecule has 3 aromatic rings. The Kier molecular flexibility index (Phi) is 6.16. The van der Waals surface area contributed by atoms with Crippen LogP contribution in [0.4, 0.5) is 5.69 Å². The highest BCUT2D eigenvalue weighted by molar-refractivity contribution is 8.04. The van der Waals surface area contributed by atoms with Crippen molar-refractivity contribution in [3.63, 3.8) is 0 Å². The van der Waals surface area contributed by atoms with Crippen LogP contribution in [0.3, 0.4) is 0 Å². The van der Waals surface area contributed by atoms with Crippen molar-refractivity contribution in [1.82, 2.24) is 5.32 Å². The summed E-state index contributed by atoms with van der Waals surface area (Å²) in [6.07, 6.45) is 4.93. The van der Waals surface area contributed by atoms with Gasteiger partial charge in [-0.2, -0.15) is 0 Å². The van der Waals surface area contributed by atoms with Crippen LogP contribution in [0.5, 0.6) is 5.75 Å². The Bertz CT molecular complexity index is 1280. The first kappa shape index (κ1) is 22.3. The summed E-state index contributed by atoms with van der Waals surface area (Å²) in [7, 11) is 3.38. The van der Waals surface area contributed by atoms with Crippen molar-refractivity contribution in [3.8, 4) is 5.75 Å². The summed E-state index contributed by atoms with van der Waals surface area (Å²) >= 11 is 1.43. The minimum absolute atomic E-state index is 0.0150. The maximum atomic E-state index is 13.1. The van der Waals surface area contributed by atoms with E-state index in [2.05, 4.69) is 17.4 Å². The van der Waals surface area contributed by atoms with E-state index >= 15 is 0 Å². The van der Waals surface area contributed by atoms with Crippen molar-refractivity contribution >= 4 is 35.3 Å². The van der Waals surface area contributed by atoms with Gasteiger partial charge in [0.05, 0.1) is 23.7 Å². The van der Waals surface area contributed by atoms with Crippen LogP contribution in [-0.4, -0.2) is 26.0 Å². The van der Waals surface area contributed by atoms with Gasteiger partial charge in [-0.05, 0) is 72.4 Å². The Morgan fingerprint density at radius 3 is 2.71 bits per heavy atom. The predicted molar refractivity (Wildman–Crippen MR) is 136 cm³/mol. The number of carbonyl (C=O) groups is 2. The van der Waals surface area contributed by atoms with Gasteiger partial charge >= 0.3 is 0 Å². The van der Waals surface area contributed by atoms with E-state index in [9.17, 15) is 9.59 Å². The number of benzene rings is 3. The molecule has 0 saturated carbocycles.